The molecule has 3 rings (SSSR count). The Morgan fingerprint density at radius 2 is 2.15 bits per heavy atom. The molecule has 1 fully saturated rings. The maximum Gasteiger partial charge on any atom is 0.154 e. The van der Waals surface area contributed by atoms with Crippen molar-refractivity contribution in [3.05, 3.63) is 30.6 Å². The molecule has 0 aliphatic carbocycles. The first-order valence-electron chi connectivity index (χ1n) is 6.65. The average Bonchev–Trinajstić information content (AvgIpc) is 2.77. The van der Waals surface area contributed by atoms with Crippen LogP contribution in [0, 0.1) is 0 Å². The van der Waals surface area contributed by atoms with Crippen LogP contribution < -0.4 is 11.1 Å². The van der Waals surface area contributed by atoms with Crippen LogP contribution in [0.3, 0.4) is 0 Å². The molecule has 1 aliphatic heterocycles. The number of aromatic nitrogens is 1. The number of rotatable bonds is 3. The number of hydrogen-bond acceptors (Lipinski definition) is 5. The van der Waals surface area contributed by atoms with Gasteiger partial charge in [-0.05, 0) is 31.0 Å². The van der Waals surface area contributed by atoms with Gasteiger partial charge in [-0.3, -0.25) is 4.98 Å². The highest BCUT2D eigenvalue weighted by Crippen LogP contribution is 2.28. The fraction of sp³-hybridized carbons (Fsp3) is 0.357. The summed E-state index contributed by atoms with van der Waals surface area (Å²) < 4.78 is 23.7. The molecule has 2 heterocycles. The van der Waals surface area contributed by atoms with Gasteiger partial charge in [0.15, 0.2) is 9.84 Å². The number of nitrogens with zero attached hydrogens (tertiary/aromatic N) is 1. The molecule has 0 saturated carbocycles. The smallest absolute Gasteiger partial charge is 0.154 e. The number of anilines is 2. The molecule has 1 unspecified atom stereocenters. The zero-order valence-electron chi connectivity index (χ0n) is 11.0. The second-order valence-electron chi connectivity index (χ2n) is 5.14. The lowest BCUT2D eigenvalue weighted by molar-refractivity contribution is 0.591. The Balaban J connectivity index is 1.87. The molecule has 0 spiro atoms. The lowest BCUT2D eigenvalue weighted by Gasteiger charge is -2.14. The first-order valence-corrected chi connectivity index (χ1v) is 8.37. The van der Waals surface area contributed by atoms with Crippen molar-refractivity contribution >= 4 is 32.0 Å². The van der Waals surface area contributed by atoms with E-state index >= 15 is 0 Å². The average molecular weight is 291 g/mol. The number of sulfone groups is 1. The van der Waals surface area contributed by atoms with Crippen LogP contribution in [-0.2, 0) is 9.84 Å². The molecule has 0 radical (unpaired) electrons. The Hall–Kier alpha value is -1.82. The van der Waals surface area contributed by atoms with Gasteiger partial charge < -0.3 is 11.1 Å². The van der Waals surface area contributed by atoms with Gasteiger partial charge >= 0.3 is 0 Å². The topological polar surface area (TPSA) is 85.1 Å². The van der Waals surface area contributed by atoms with Crippen molar-refractivity contribution in [3.63, 3.8) is 0 Å². The van der Waals surface area contributed by atoms with Gasteiger partial charge in [0.05, 0.1) is 11.0 Å². The van der Waals surface area contributed by atoms with Gasteiger partial charge in [0.1, 0.15) is 0 Å². The standard InChI is InChI=1S/C14H17N3O2S/c15-13-3-4-14(12-9-16-6-5-11(12)13)17-8-10-2-1-7-20(10,18)19/h3-6,9-10,17H,1-2,7-8,15H2. The summed E-state index contributed by atoms with van der Waals surface area (Å²) in [5, 5.41) is 4.80. The van der Waals surface area contributed by atoms with E-state index in [9.17, 15) is 8.42 Å². The predicted molar refractivity (Wildman–Crippen MR) is 81.5 cm³/mol. The Labute approximate surface area is 118 Å². The van der Waals surface area contributed by atoms with E-state index in [0.717, 1.165) is 29.3 Å². The monoisotopic (exact) mass is 291 g/mol. The molecule has 5 nitrogen and oxygen atoms in total. The van der Waals surface area contributed by atoms with Crippen molar-refractivity contribution in [2.24, 2.45) is 0 Å². The van der Waals surface area contributed by atoms with E-state index < -0.39 is 9.84 Å². The quantitative estimate of drug-likeness (QED) is 0.842. The third-order valence-corrected chi connectivity index (χ3v) is 6.11. The van der Waals surface area contributed by atoms with Crippen molar-refractivity contribution in [2.75, 3.05) is 23.3 Å². The third kappa shape index (κ3) is 2.31. The van der Waals surface area contributed by atoms with Crippen LogP contribution in [0.5, 0.6) is 0 Å². The highest BCUT2D eigenvalue weighted by atomic mass is 32.2. The summed E-state index contributed by atoms with van der Waals surface area (Å²) in [6.07, 6.45) is 4.94. The summed E-state index contributed by atoms with van der Waals surface area (Å²) in [4.78, 5) is 4.11. The Bertz CT molecular complexity index is 743. The van der Waals surface area contributed by atoms with Gasteiger partial charge in [-0.2, -0.15) is 0 Å². The summed E-state index contributed by atoms with van der Waals surface area (Å²) >= 11 is 0. The minimum absolute atomic E-state index is 0.285. The van der Waals surface area contributed by atoms with E-state index in [0.29, 0.717) is 18.0 Å². The van der Waals surface area contributed by atoms with Crippen LogP contribution in [-0.4, -0.2) is 30.9 Å². The van der Waals surface area contributed by atoms with Gasteiger partial charge in [-0.15, -0.1) is 0 Å². The zero-order chi connectivity index (χ0) is 14.2. The van der Waals surface area contributed by atoms with Crippen molar-refractivity contribution in [1.29, 1.82) is 0 Å². The van der Waals surface area contributed by atoms with Crippen LogP contribution in [0.2, 0.25) is 0 Å². The largest absolute Gasteiger partial charge is 0.398 e. The molecular formula is C14H17N3O2S. The molecule has 2 aromatic rings. The molecular weight excluding hydrogens is 274 g/mol. The van der Waals surface area contributed by atoms with E-state index in [4.69, 9.17) is 5.73 Å². The maximum atomic E-state index is 11.8. The molecule has 106 valence electrons. The highest BCUT2D eigenvalue weighted by Gasteiger charge is 2.30. The number of fused-ring (bicyclic) bond motifs is 1. The second kappa shape index (κ2) is 4.94. The van der Waals surface area contributed by atoms with Gasteiger partial charge in [-0.25, -0.2) is 8.42 Å². The third-order valence-electron chi connectivity index (χ3n) is 3.83. The van der Waals surface area contributed by atoms with Crippen LogP contribution in [0.1, 0.15) is 12.8 Å². The molecule has 0 amide bonds. The van der Waals surface area contributed by atoms with Crippen LogP contribution in [0.25, 0.3) is 10.8 Å². The maximum absolute atomic E-state index is 11.8. The number of nitrogens with two attached hydrogens (primary N) is 1. The van der Waals surface area contributed by atoms with Gasteiger partial charge in [0.2, 0.25) is 0 Å². The number of hydrogen-bond donors (Lipinski definition) is 2. The van der Waals surface area contributed by atoms with E-state index in [1.807, 2.05) is 18.2 Å². The Kier molecular flexibility index (Phi) is 3.25. The summed E-state index contributed by atoms with van der Waals surface area (Å²) in [5.41, 5.74) is 7.51. The predicted octanol–water partition coefficient (Wildman–Crippen LogP) is 1.81. The zero-order valence-corrected chi connectivity index (χ0v) is 11.9. The number of pyridine rings is 1. The number of nitrogens with one attached hydrogen (secondary N) is 1. The SMILES string of the molecule is Nc1ccc(NCC2CCCS2(=O)=O)c2cnccc12. The lowest BCUT2D eigenvalue weighted by Crippen LogP contribution is -2.25. The van der Waals surface area contributed by atoms with E-state index in [2.05, 4.69) is 10.3 Å². The molecule has 1 saturated heterocycles. The normalized spacial score (nSPS) is 21.1. The molecule has 1 atom stereocenters. The molecule has 3 N–H and O–H groups in total. The number of benzene rings is 1. The summed E-state index contributed by atoms with van der Waals surface area (Å²) in [7, 11) is -2.92. The summed E-state index contributed by atoms with van der Waals surface area (Å²) in [6.45, 7) is 0.441. The molecule has 0 bridgehead atoms. The van der Waals surface area contributed by atoms with Crippen LogP contribution in [0.4, 0.5) is 11.4 Å². The van der Waals surface area contributed by atoms with Crippen LogP contribution >= 0.6 is 0 Å². The van der Waals surface area contributed by atoms with Gasteiger partial charge in [0.25, 0.3) is 0 Å². The molecule has 1 aromatic heterocycles. The number of nitrogen functional groups attached to an aromatic ring is 1. The van der Waals surface area contributed by atoms with Crippen molar-refractivity contribution in [1.82, 2.24) is 4.98 Å². The first-order chi connectivity index (χ1) is 9.58. The molecule has 6 heteroatoms. The highest BCUT2D eigenvalue weighted by molar-refractivity contribution is 7.92. The lowest BCUT2D eigenvalue weighted by atomic mass is 10.1. The first kappa shape index (κ1) is 13.2. The second-order valence-corrected chi connectivity index (χ2v) is 7.54. The minimum Gasteiger partial charge on any atom is -0.398 e. The molecule has 1 aromatic carbocycles. The minimum atomic E-state index is -2.92. The fourth-order valence-corrected chi connectivity index (χ4v) is 4.44. The molecule has 1 aliphatic rings. The summed E-state index contributed by atoms with van der Waals surface area (Å²) in [6, 6.07) is 5.57. The Morgan fingerprint density at radius 1 is 1.30 bits per heavy atom. The van der Waals surface area contributed by atoms with E-state index in [1.54, 1.807) is 12.4 Å². The van der Waals surface area contributed by atoms with E-state index in [1.165, 1.54) is 0 Å². The van der Waals surface area contributed by atoms with E-state index in [-0.39, 0.29) is 5.25 Å². The summed E-state index contributed by atoms with van der Waals surface area (Å²) in [5.74, 6) is 0.309. The fourth-order valence-electron chi connectivity index (χ4n) is 2.68. The van der Waals surface area contributed by atoms with Gasteiger partial charge in [-0.1, -0.05) is 0 Å². The van der Waals surface area contributed by atoms with Crippen molar-refractivity contribution in [3.8, 4) is 0 Å². The molecule has 20 heavy (non-hydrogen) atoms. The van der Waals surface area contributed by atoms with Crippen molar-refractivity contribution in [2.45, 2.75) is 18.1 Å². The van der Waals surface area contributed by atoms with Crippen molar-refractivity contribution < 1.29 is 8.42 Å². The Morgan fingerprint density at radius 3 is 2.90 bits per heavy atom. The van der Waals surface area contributed by atoms with Gasteiger partial charge in [0, 0.05) is 41.1 Å². The van der Waals surface area contributed by atoms with Crippen LogP contribution in [0.15, 0.2) is 30.6 Å².